The van der Waals surface area contributed by atoms with E-state index in [1.54, 1.807) is 18.2 Å². The van der Waals surface area contributed by atoms with Crippen molar-refractivity contribution in [2.45, 2.75) is 52.2 Å². The van der Waals surface area contributed by atoms with E-state index in [4.69, 9.17) is 9.15 Å². The Morgan fingerprint density at radius 2 is 1.96 bits per heavy atom. The van der Waals surface area contributed by atoms with Crippen molar-refractivity contribution in [2.75, 3.05) is 6.54 Å². The molecule has 1 aromatic carbocycles. The number of aromatic nitrogens is 1. The maximum Gasteiger partial charge on any atom is 0.422 e. The van der Waals surface area contributed by atoms with Crippen LogP contribution in [0.4, 0.5) is 4.79 Å². The van der Waals surface area contributed by atoms with E-state index in [9.17, 15) is 14.4 Å². The molecule has 0 atom stereocenters. The van der Waals surface area contributed by atoms with Crippen LogP contribution in [0.5, 0.6) is 0 Å². The fourth-order valence-electron chi connectivity index (χ4n) is 2.48. The highest BCUT2D eigenvalue weighted by atomic mass is 79.9. The number of ether oxygens (including phenoxy) is 1. The van der Waals surface area contributed by atoms with E-state index in [0.29, 0.717) is 30.4 Å². The molecule has 0 radical (unpaired) electrons. The summed E-state index contributed by atoms with van der Waals surface area (Å²) < 4.78 is 12.2. The van der Waals surface area contributed by atoms with Crippen LogP contribution in [0.3, 0.4) is 0 Å². The third-order valence-corrected chi connectivity index (χ3v) is 4.09. The zero-order valence-corrected chi connectivity index (χ0v) is 16.7. The van der Waals surface area contributed by atoms with E-state index in [2.05, 4.69) is 21.2 Å². The molecule has 0 spiro atoms. The minimum absolute atomic E-state index is 0.374. The average Bonchev–Trinajstić information content (AvgIpc) is 2.51. The summed E-state index contributed by atoms with van der Waals surface area (Å²) >= 11 is 3.35. The second-order valence-electron chi connectivity index (χ2n) is 6.96. The van der Waals surface area contributed by atoms with E-state index in [1.165, 1.54) is 4.57 Å². The first-order valence-corrected chi connectivity index (χ1v) is 9.27. The molecule has 1 N–H and O–H groups in total. The molecule has 0 unspecified atom stereocenters. The smallest absolute Gasteiger partial charge is 0.422 e. The van der Waals surface area contributed by atoms with Crippen molar-refractivity contribution in [2.24, 2.45) is 0 Å². The summed E-state index contributed by atoms with van der Waals surface area (Å²) in [4.78, 5) is 35.4. The molecule has 0 fully saturated rings. The van der Waals surface area contributed by atoms with Gasteiger partial charge in [-0.1, -0.05) is 15.9 Å². The first-order chi connectivity index (χ1) is 12.2. The van der Waals surface area contributed by atoms with Crippen LogP contribution in [0, 0.1) is 0 Å². The zero-order valence-electron chi connectivity index (χ0n) is 15.1. The predicted octanol–water partition coefficient (Wildman–Crippen LogP) is 3.41. The Balaban J connectivity index is 1.89. The van der Waals surface area contributed by atoms with Crippen molar-refractivity contribution in [1.82, 2.24) is 9.88 Å². The van der Waals surface area contributed by atoms with Gasteiger partial charge in [0.2, 0.25) is 0 Å². The van der Waals surface area contributed by atoms with Crippen LogP contribution >= 0.6 is 15.9 Å². The van der Waals surface area contributed by atoms with Crippen LogP contribution in [-0.2, 0) is 11.3 Å². The van der Waals surface area contributed by atoms with Gasteiger partial charge in [0.05, 0.1) is 10.9 Å². The molecule has 0 aliphatic rings. The van der Waals surface area contributed by atoms with Crippen molar-refractivity contribution in [1.29, 1.82) is 0 Å². The monoisotopic (exact) mass is 426 g/mol. The largest absolute Gasteiger partial charge is 0.444 e. The van der Waals surface area contributed by atoms with Crippen LogP contribution in [0.15, 0.2) is 36.7 Å². The molecular weight excluding hydrogens is 404 g/mol. The first kappa shape index (κ1) is 20.2. The number of benzene rings is 1. The summed E-state index contributed by atoms with van der Waals surface area (Å²) in [6.07, 6.45) is 1.84. The van der Waals surface area contributed by atoms with Gasteiger partial charge in [0.15, 0.2) is 0 Å². The number of hydrogen-bond acceptors (Lipinski definition) is 5. The van der Waals surface area contributed by atoms with Crippen LogP contribution < -0.4 is 16.7 Å². The molecular formula is C18H23BrN2O5. The number of nitrogens with one attached hydrogen (secondary N) is 1. The lowest BCUT2D eigenvalue weighted by Crippen LogP contribution is -2.33. The molecule has 8 heteroatoms. The molecule has 142 valence electrons. The topological polar surface area (TPSA) is 90.5 Å². The number of amides is 1. The van der Waals surface area contributed by atoms with Crippen molar-refractivity contribution in [3.63, 3.8) is 0 Å². The number of unbranched alkanes of at least 4 members (excludes halogenated alkanes) is 2. The van der Waals surface area contributed by atoms with Gasteiger partial charge in [0, 0.05) is 17.6 Å². The highest BCUT2D eigenvalue weighted by Gasteiger charge is 2.15. The second kappa shape index (κ2) is 8.53. The summed E-state index contributed by atoms with van der Waals surface area (Å²) in [7, 11) is 0. The standard InChI is InChI=1S/C18H23BrN2O5/c1-18(2,3)26-16(23)20-9-5-4-6-10-21-14-11-12(19)7-8-13(14)15(22)25-17(21)24/h7-8,11H,4-6,9-10H2,1-3H3,(H,20,23). The molecule has 0 aliphatic heterocycles. The minimum Gasteiger partial charge on any atom is -0.444 e. The van der Waals surface area contributed by atoms with Crippen LogP contribution in [0.1, 0.15) is 40.0 Å². The first-order valence-electron chi connectivity index (χ1n) is 8.47. The average molecular weight is 427 g/mol. The summed E-state index contributed by atoms with van der Waals surface area (Å²) in [6, 6.07) is 5.10. The third kappa shape index (κ3) is 5.72. The number of rotatable bonds is 6. The van der Waals surface area contributed by atoms with Crippen LogP contribution in [0.25, 0.3) is 10.9 Å². The van der Waals surface area contributed by atoms with Crippen molar-refractivity contribution in [3.8, 4) is 0 Å². The van der Waals surface area contributed by atoms with E-state index in [1.807, 2.05) is 20.8 Å². The number of alkyl carbamates (subject to hydrolysis) is 1. The van der Waals surface area contributed by atoms with E-state index < -0.39 is 23.1 Å². The SMILES string of the molecule is CC(C)(C)OC(=O)NCCCCCn1c(=O)oc(=O)c2ccc(Br)cc21. The third-order valence-electron chi connectivity index (χ3n) is 3.60. The quantitative estimate of drug-likeness (QED) is 0.714. The Labute approximate surface area is 159 Å². The van der Waals surface area contributed by atoms with E-state index >= 15 is 0 Å². The molecule has 0 bridgehead atoms. The van der Waals surface area contributed by atoms with Gasteiger partial charge < -0.3 is 14.5 Å². The van der Waals surface area contributed by atoms with Gasteiger partial charge >= 0.3 is 17.5 Å². The number of nitrogens with zero attached hydrogens (tertiary/aromatic N) is 1. The Morgan fingerprint density at radius 1 is 1.23 bits per heavy atom. The lowest BCUT2D eigenvalue weighted by molar-refractivity contribution is 0.0527. The number of hydrogen-bond donors (Lipinski definition) is 1. The number of carbonyl (C=O) groups excluding carboxylic acids is 1. The Kier molecular flexibility index (Phi) is 6.63. The van der Waals surface area contributed by atoms with Crippen molar-refractivity contribution < 1.29 is 13.9 Å². The fraction of sp³-hybridized carbons (Fsp3) is 0.500. The van der Waals surface area contributed by atoms with Crippen molar-refractivity contribution >= 4 is 32.9 Å². The fourth-order valence-corrected chi connectivity index (χ4v) is 2.83. The summed E-state index contributed by atoms with van der Waals surface area (Å²) in [5.41, 5.74) is -0.597. The van der Waals surface area contributed by atoms with Gasteiger partial charge in [-0.25, -0.2) is 14.4 Å². The van der Waals surface area contributed by atoms with Crippen molar-refractivity contribution in [3.05, 3.63) is 43.6 Å². The maximum atomic E-state index is 12.0. The van der Waals surface area contributed by atoms with Crippen LogP contribution in [0.2, 0.25) is 0 Å². The summed E-state index contributed by atoms with van der Waals surface area (Å²) in [6.45, 7) is 6.36. The molecule has 1 amide bonds. The summed E-state index contributed by atoms with van der Waals surface area (Å²) in [5.74, 6) is -0.660. The Hall–Kier alpha value is -2.09. The highest BCUT2D eigenvalue weighted by Crippen LogP contribution is 2.16. The van der Waals surface area contributed by atoms with Crippen LogP contribution in [-0.4, -0.2) is 22.8 Å². The number of aryl methyl sites for hydroxylation is 1. The molecule has 0 saturated heterocycles. The van der Waals surface area contributed by atoms with Gasteiger partial charge in [0.25, 0.3) is 0 Å². The molecule has 1 heterocycles. The van der Waals surface area contributed by atoms with Gasteiger partial charge in [-0.05, 0) is 58.2 Å². The molecule has 26 heavy (non-hydrogen) atoms. The number of halogens is 1. The maximum absolute atomic E-state index is 12.0. The molecule has 7 nitrogen and oxygen atoms in total. The molecule has 0 aliphatic carbocycles. The lowest BCUT2D eigenvalue weighted by Gasteiger charge is -2.19. The minimum atomic E-state index is -0.660. The molecule has 2 aromatic rings. The normalized spacial score (nSPS) is 11.5. The highest BCUT2D eigenvalue weighted by molar-refractivity contribution is 9.10. The number of carbonyl (C=O) groups is 1. The van der Waals surface area contributed by atoms with Gasteiger partial charge in [-0.2, -0.15) is 0 Å². The Morgan fingerprint density at radius 3 is 2.65 bits per heavy atom. The molecule has 0 saturated carbocycles. The molecule has 1 aromatic heterocycles. The molecule has 2 rings (SSSR count). The predicted molar refractivity (Wildman–Crippen MR) is 103 cm³/mol. The lowest BCUT2D eigenvalue weighted by atomic mass is 10.2. The summed E-state index contributed by atoms with van der Waals surface area (Å²) in [5, 5.41) is 3.07. The van der Waals surface area contributed by atoms with Gasteiger partial charge in [0.1, 0.15) is 5.60 Å². The Bertz CT molecular complexity index is 895. The van der Waals surface area contributed by atoms with Gasteiger partial charge in [-0.3, -0.25) is 4.57 Å². The second-order valence-corrected chi connectivity index (χ2v) is 7.87. The van der Waals surface area contributed by atoms with E-state index in [0.717, 1.165) is 17.3 Å². The van der Waals surface area contributed by atoms with E-state index in [-0.39, 0.29) is 0 Å². The zero-order chi connectivity index (χ0) is 19.3. The number of fused-ring (bicyclic) bond motifs is 1. The van der Waals surface area contributed by atoms with Gasteiger partial charge in [-0.15, -0.1) is 0 Å².